The summed E-state index contributed by atoms with van der Waals surface area (Å²) in [5.74, 6) is -0.859. The van der Waals surface area contributed by atoms with Crippen LogP contribution in [0.3, 0.4) is 0 Å². The number of aromatic nitrogens is 2. The van der Waals surface area contributed by atoms with Crippen molar-refractivity contribution in [2.24, 2.45) is 0 Å². The van der Waals surface area contributed by atoms with Crippen LogP contribution in [0, 0.1) is 13.8 Å². The molecule has 2 heterocycles. The average Bonchev–Trinajstić information content (AvgIpc) is 2.95. The van der Waals surface area contributed by atoms with E-state index in [1.165, 1.54) is 13.2 Å². The van der Waals surface area contributed by atoms with E-state index >= 15 is 0 Å². The van der Waals surface area contributed by atoms with Gasteiger partial charge in [0.2, 0.25) is 5.76 Å². The smallest absolute Gasteiger partial charge is 0.350 e. The second kappa shape index (κ2) is 5.19. The van der Waals surface area contributed by atoms with Crippen LogP contribution in [0.2, 0.25) is 0 Å². The summed E-state index contributed by atoms with van der Waals surface area (Å²) in [4.78, 5) is 27.6. The van der Waals surface area contributed by atoms with E-state index in [1.807, 2.05) is 0 Å². The number of carbonyl (C=O) groups excluding carboxylic acids is 2. The summed E-state index contributed by atoms with van der Waals surface area (Å²) in [6, 6.07) is 1.51. The third-order valence-electron chi connectivity index (χ3n) is 2.24. The number of anilines is 1. The van der Waals surface area contributed by atoms with Crippen LogP contribution in [0.15, 0.2) is 10.6 Å². The number of aryl methyl sites for hydroxylation is 2. The Hall–Kier alpha value is -2.22. The summed E-state index contributed by atoms with van der Waals surface area (Å²) in [5, 5.41) is 6.46. The molecule has 0 fully saturated rings. The van der Waals surface area contributed by atoms with Crippen LogP contribution < -0.4 is 5.32 Å². The van der Waals surface area contributed by atoms with Gasteiger partial charge in [-0.15, -0.1) is 0 Å². The molecular weight excluding hydrogens is 270 g/mol. The molecule has 1 amide bonds. The number of hydrogen-bond acceptors (Lipinski definition) is 7. The fourth-order valence-corrected chi connectivity index (χ4v) is 2.24. The van der Waals surface area contributed by atoms with E-state index < -0.39 is 11.9 Å². The van der Waals surface area contributed by atoms with Gasteiger partial charge in [-0.05, 0) is 13.8 Å². The SMILES string of the molecule is COC(=O)c1sc(NC(=O)c2cc(C)no2)nc1C. The quantitative estimate of drug-likeness (QED) is 0.862. The summed E-state index contributed by atoms with van der Waals surface area (Å²) < 4.78 is 9.44. The van der Waals surface area contributed by atoms with Crippen molar-refractivity contribution in [1.29, 1.82) is 0 Å². The molecule has 0 saturated carbocycles. The van der Waals surface area contributed by atoms with Gasteiger partial charge in [0.15, 0.2) is 5.13 Å². The normalized spacial score (nSPS) is 10.3. The summed E-state index contributed by atoms with van der Waals surface area (Å²) in [7, 11) is 1.29. The van der Waals surface area contributed by atoms with E-state index in [4.69, 9.17) is 4.52 Å². The molecule has 0 radical (unpaired) electrons. The number of ether oxygens (including phenoxy) is 1. The Balaban J connectivity index is 2.16. The van der Waals surface area contributed by atoms with E-state index in [0.717, 1.165) is 11.3 Å². The molecule has 0 atom stereocenters. The highest BCUT2D eigenvalue weighted by Crippen LogP contribution is 2.23. The number of esters is 1. The zero-order valence-corrected chi connectivity index (χ0v) is 11.3. The molecule has 19 heavy (non-hydrogen) atoms. The Morgan fingerprint density at radius 3 is 2.74 bits per heavy atom. The van der Waals surface area contributed by atoms with Gasteiger partial charge in [-0.25, -0.2) is 9.78 Å². The Kier molecular flexibility index (Phi) is 3.61. The van der Waals surface area contributed by atoms with Crippen molar-refractivity contribution in [3.05, 3.63) is 28.1 Å². The van der Waals surface area contributed by atoms with Gasteiger partial charge in [0, 0.05) is 6.07 Å². The standard InChI is InChI=1S/C11H11N3O4S/c1-5-4-7(18-14-5)9(15)13-11-12-6(2)8(19-11)10(16)17-3/h4H,1-3H3,(H,12,13,15). The number of nitrogens with one attached hydrogen (secondary N) is 1. The molecule has 100 valence electrons. The van der Waals surface area contributed by atoms with Gasteiger partial charge in [-0.3, -0.25) is 10.1 Å². The van der Waals surface area contributed by atoms with Crippen molar-refractivity contribution in [1.82, 2.24) is 10.1 Å². The number of methoxy groups -OCH3 is 1. The van der Waals surface area contributed by atoms with Gasteiger partial charge in [-0.1, -0.05) is 16.5 Å². The molecule has 7 nitrogen and oxygen atoms in total. The lowest BCUT2D eigenvalue weighted by atomic mass is 10.4. The van der Waals surface area contributed by atoms with E-state index in [0.29, 0.717) is 21.4 Å². The molecule has 1 N–H and O–H groups in total. The molecule has 2 aromatic rings. The lowest BCUT2D eigenvalue weighted by Gasteiger charge is -1.95. The number of hydrogen-bond donors (Lipinski definition) is 1. The highest BCUT2D eigenvalue weighted by atomic mass is 32.1. The number of thiazole rings is 1. The zero-order chi connectivity index (χ0) is 14.0. The maximum atomic E-state index is 11.8. The van der Waals surface area contributed by atoms with E-state index in [2.05, 4.69) is 20.2 Å². The lowest BCUT2D eigenvalue weighted by molar-refractivity contribution is 0.0605. The first-order valence-corrected chi connectivity index (χ1v) is 6.13. The Bertz CT molecular complexity index is 632. The lowest BCUT2D eigenvalue weighted by Crippen LogP contribution is -2.10. The monoisotopic (exact) mass is 281 g/mol. The summed E-state index contributed by atoms with van der Waals surface area (Å²) >= 11 is 1.04. The van der Waals surface area contributed by atoms with Gasteiger partial charge in [0.1, 0.15) is 4.88 Å². The fraction of sp³-hybridized carbons (Fsp3) is 0.273. The molecule has 0 saturated heterocycles. The summed E-state index contributed by atoms with van der Waals surface area (Å²) in [6.07, 6.45) is 0. The van der Waals surface area contributed by atoms with Crippen LogP contribution in [-0.4, -0.2) is 29.1 Å². The van der Waals surface area contributed by atoms with Gasteiger partial charge >= 0.3 is 5.97 Å². The minimum absolute atomic E-state index is 0.0879. The summed E-state index contributed by atoms with van der Waals surface area (Å²) in [5.41, 5.74) is 1.11. The van der Waals surface area contributed by atoms with Crippen LogP contribution >= 0.6 is 11.3 Å². The van der Waals surface area contributed by atoms with Gasteiger partial charge in [0.25, 0.3) is 5.91 Å². The zero-order valence-electron chi connectivity index (χ0n) is 10.5. The molecule has 0 aliphatic heterocycles. The predicted octanol–water partition coefficient (Wildman–Crippen LogP) is 1.79. The molecule has 0 bridgehead atoms. The van der Waals surface area contributed by atoms with Crippen molar-refractivity contribution in [2.45, 2.75) is 13.8 Å². The number of rotatable bonds is 3. The van der Waals surface area contributed by atoms with Crippen LogP contribution in [0.5, 0.6) is 0 Å². The van der Waals surface area contributed by atoms with Crippen molar-refractivity contribution in [3.8, 4) is 0 Å². The average molecular weight is 281 g/mol. The maximum absolute atomic E-state index is 11.8. The number of carbonyl (C=O) groups is 2. The molecule has 8 heteroatoms. The molecular formula is C11H11N3O4S. The molecule has 0 aromatic carbocycles. The highest BCUT2D eigenvalue weighted by molar-refractivity contribution is 7.17. The molecule has 0 unspecified atom stereocenters. The highest BCUT2D eigenvalue weighted by Gasteiger charge is 2.18. The van der Waals surface area contributed by atoms with Crippen LogP contribution in [0.25, 0.3) is 0 Å². The van der Waals surface area contributed by atoms with Gasteiger partial charge in [0.05, 0.1) is 18.5 Å². The van der Waals surface area contributed by atoms with Gasteiger partial charge in [-0.2, -0.15) is 0 Å². The molecule has 2 rings (SSSR count). The fourth-order valence-electron chi connectivity index (χ4n) is 1.36. The van der Waals surface area contributed by atoms with E-state index in [9.17, 15) is 9.59 Å². The van der Waals surface area contributed by atoms with Gasteiger partial charge < -0.3 is 9.26 Å². The molecule has 0 aliphatic carbocycles. The molecule has 0 spiro atoms. The van der Waals surface area contributed by atoms with Crippen molar-refractivity contribution < 1.29 is 18.8 Å². The first kappa shape index (κ1) is 13.2. The Morgan fingerprint density at radius 2 is 2.16 bits per heavy atom. The Labute approximate surface area is 112 Å². The maximum Gasteiger partial charge on any atom is 0.350 e. The third kappa shape index (κ3) is 2.79. The number of amides is 1. The van der Waals surface area contributed by atoms with Crippen molar-refractivity contribution in [3.63, 3.8) is 0 Å². The Morgan fingerprint density at radius 1 is 1.42 bits per heavy atom. The topological polar surface area (TPSA) is 94.3 Å². The minimum Gasteiger partial charge on any atom is -0.465 e. The first-order chi connectivity index (χ1) is 9.01. The van der Waals surface area contributed by atoms with E-state index in [1.54, 1.807) is 13.8 Å². The third-order valence-corrected chi connectivity index (χ3v) is 3.29. The minimum atomic E-state index is -0.481. The van der Waals surface area contributed by atoms with Crippen molar-refractivity contribution in [2.75, 3.05) is 12.4 Å². The van der Waals surface area contributed by atoms with Crippen LogP contribution in [0.1, 0.15) is 31.6 Å². The van der Waals surface area contributed by atoms with E-state index in [-0.39, 0.29) is 5.76 Å². The number of nitrogens with zero attached hydrogens (tertiary/aromatic N) is 2. The second-order valence-electron chi connectivity index (χ2n) is 3.71. The van der Waals surface area contributed by atoms with Crippen LogP contribution in [0.4, 0.5) is 5.13 Å². The first-order valence-electron chi connectivity index (χ1n) is 5.31. The molecule has 0 aliphatic rings. The largest absolute Gasteiger partial charge is 0.465 e. The van der Waals surface area contributed by atoms with Crippen molar-refractivity contribution >= 4 is 28.3 Å². The second-order valence-corrected chi connectivity index (χ2v) is 4.71. The van der Waals surface area contributed by atoms with Crippen LogP contribution in [-0.2, 0) is 4.74 Å². The molecule has 2 aromatic heterocycles. The predicted molar refractivity (Wildman–Crippen MR) is 67.4 cm³/mol. The summed E-state index contributed by atoms with van der Waals surface area (Å²) in [6.45, 7) is 3.38.